The zero-order valence-corrected chi connectivity index (χ0v) is 11.4. The highest BCUT2D eigenvalue weighted by Gasteiger charge is 2.21. The Balaban J connectivity index is 1.90. The van der Waals surface area contributed by atoms with Crippen LogP contribution in [0.15, 0.2) is 18.2 Å². The Morgan fingerprint density at radius 3 is 2.84 bits per heavy atom. The number of benzene rings is 1. The second kappa shape index (κ2) is 6.15. The SMILES string of the molecule is O=C(NCC1CCCC(Cl)C1)c1ccc(O)cc1O. The molecule has 1 fully saturated rings. The first kappa shape index (κ1) is 14.0. The molecule has 0 radical (unpaired) electrons. The predicted molar refractivity (Wildman–Crippen MR) is 73.7 cm³/mol. The van der Waals surface area contributed by atoms with E-state index in [1.807, 2.05) is 0 Å². The van der Waals surface area contributed by atoms with Crippen molar-refractivity contribution in [1.29, 1.82) is 0 Å². The average molecular weight is 284 g/mol. The maximum Gasteiger partial charge on any atom is 0.255 e. The maximum atomic E-state index is 11.9. The molecule has 1 aromatic carbocycles. The number of rotatable bonds is 3. The van der Waals surface area contributed by atoms with Gasteiger partial charge in [-0.25, -0.2) is 0 Å². The number of hydrogen-bond acceptors (Lipinski definition) is 3. The normalized spacial score (nSPS) is 23.0. The molecule has 2 atom stereocenters. The lowest BCUT2D eigenvalue weighted by atomic mass is 9.89. The van der Waals surface area contributed by atoms with Crippen molar-refractivity contribution in [2.24, 2.45) is 5.92 Å². The number of carbonyl (C=O) groups is 1. The molecule has 1 aliphatic carbocycles. The fourth-order valence-corrected chi connectivity index (χ4v) is 2.86. The van der Waals surface area contributed by atoms with E-state index in [-0.39, 0.29) is 28.3 Å². The van der Waals surface area contributed by atoms with Crippen LogP contribution in [-0.2, 0) is 0 Å². The van der Waals surface area contributed by atoms with Crippen molar-refractivity contribution in [3.63, 3.8) is 0 Å². The van der Waals surface area contributed by atoms with Gasteiger partial charge < -0.3 is 15.5 Å². The highest BCUT2D eigenvalue weighted by molar-refractivity contribution is 6.20. The molecule has 104 valence electrons. The zero-order valence-electron chi connectivity index (χ0n) is 10.6. The summed E-state index contributed by atoms with van der Waals surface area (Å²) < 4.78 is 0. The standard InChI is InChI=1S/C14H18ClNO3/c15-10-3-1-2-9(6-10)8-16-14(19)12-5-4-11(17)7-13(12)18/h4-5,7,9-10,17-18H,1-3,6,8H2,(H,16,19). The second-order valence-corrected chi connectivity index (χ2v) is 5.66. The lowest BCUT2D eigenvalue weighted by Crippen LogP contribution is -2.32. The van der Waals surface area contributed by atoms with E-state index in [1.54, 1.807) is 0 Å². The molecule has 1 aliphatic rings. The van der Waals surface area contributed by atoms with Crippen LogP contribution in [-0.4, -0.2) is 28.0 Å². The Morgan fingerprint density at radius 1 is 1.37 bits per heavy atom. The Morgan fingerprint density at radius 2 is 2.16 bits per heavy atom. The van der Waals surface area contributed by atoms with E-state index in [2.05, 4.69) is 5.32 Å². The van der Waals surface area contributed by atoms with Gasteiger partial charge in [0.15, 0.2) is 0 Å². The van der Waals surface area contributed by atoms with Crippen LogP contribution in [0.5, 0.6) is 11.5 Å². The second-order valence-electron chi connectivity index (χ2n) is 5.04. The van der Waals surface area contributed by atoms with E-state index in [0.29, 0.717) is 12.5 Å². The number of alkyl halides is 1. The van der Waals surface area contributed by atoms with Crippen LogP contribution >= 0.6 is 11.6 Å². The number of carbonyl (C=O) groups excluding carboxylic acids is 1. The molecule has 0 spiro atoms. The van der Waals surface area contributed by atoms with Gasteiger partial charge >= 0.3 is 0 Å². The number of amides is 1. The van der Waals surface area contributed by atoms with Crippen molar-refractivity contribution in [2.45, 2.75) is 31.1 Å². The van der Waals surface area contributed by atoms with Crippen molar-refractivity contribution in [3.05, 3.63) is 23.8 Å². The van der Waals surface area contributed by atoms with Gasteiger partial charge in [-0.15, -0.1) is 11.6 Å². The highest BCUT2D eigenvalue weighted by atomic mass is 35.5. The van der Waals surface area contributed by atoms with Crippen LogP contribution in [0.1, 0.15) is 36.0 Å². The molecule has 0 aromatic heterocycles. The number of phenols is 2. The third-order valence-electron chi connectivity index (χ3n) is 3.50. The molecule has 1 amide bonds. The van der Waals surface area contributed by atoms with Gasteiger partial charge in [0, 0.05) is 18.0 Å². The first-order valence-electron chi connectivity index (χ1n) is 6.50. The molecule has 0 heterocycles. The van der Waals surface area contributed by atoms with Crippen LogP contribution in [0.25, 0.3) is 0 Å². The molecule has 3 N–H and O–H groups in total. The fraction of sp³-hybridized carbons (Fsp3) is 0.500. The predicted octanol–water partition coefficient (Wildman–Crippen LogP) is 2.63. The smallest absolute Gasteiger partial charge is 0.255 e. The van der Waals surface area contributed by atoms with E-state index in [9.17, 15) is 15.0 Å². The summed E-state index contributed by atoms with van der Waals surface area (Å²) in [5, 5.41) is 21.8. The van der Waals surface area contributed by atoms with Crippen molar-refractivity contribution in [2.75, 3.05) is 6.54 Å². The van der Waals surface area contributed by atoms with Crippen LogP contribution in [0.2, 0.25) is 0 Å². The molecular formula is C14H18ClNO3. The summed E-state index contributed by atoms with van der Waals surface area (Å²) in [6, 6.07) is 3.94. The molecule has 0 saturated heterocycles. The summed E-state index contributed by atoms with van der Waals surface area (Å²) in [5.74, 6) is -0.198. The molecule has 5 heteroatoms. The van der Waals surface area contributed by atoms with E-state index in [4.69, 9.17) is 11.6 Å². The Bertz CT molecular complexity index is 464. The van der Waals surface area contributed by atoms with E-state index in [0.717, 1.165) is 31.7 Å². The van der Waals surface area contributed by atoms with E-state index >= 15 is 0 Å². The Hall–Kier alpha value is -1.42. The van der Waals surface area contributed by atoms with Gasteiger partial charge in [-0.2, -0.15) is 0 Å². The Labute approximate surface area is 117 Å². The minimum atomic E-state index is -0.325. The topological polar surface area (TPSA) is 69.6 Å². The molecule has 1 saturated carbocycles. The van der Waals surface area contributed by atoms with Crippen molar-refractivity contribution in [3.8, 4) is 11.5 Å². The zero-order chi connectivity index (χ0) is 13.8. The number of aromatic hydroxyl groups is 2. The minimum Gasteiger partial charge on any atom is -0.508 e. The van der Waals surface area contributed by atoms with Gasteiger partial charge in [0.2, 0.25) is 0 Å². The maximum absolute atomic E-state index is 11.9. The third kappa shape index (κ3) is 3.77. The number of phenolic OH excluding ortho intramolecular Hbond substituents is 2. The monoisotopic (exact) mass is 283 g/mol. The summed E-state index contributed by atoms with van der Waals surface area (Å²) in [5.41, 5.74) is 0.177. The number of nitrogens with one attached hydrogen (secondary N) is 1. The fourth-order valence-electron chi connectivity index (χ4n) is 2.46. The van der Waals surface area contributed by atoms with Gasteiger partial charge in [-0.3, -0.25) is 4.79 Å². The van der Waals surface area contributed by atoms with E-state index < -0.39 is 0 Å². The van der Waals surface area contributed by atoms with E-state index in [1.165, 1.54) is 12.1 Å². The van der Waals surface area contributed by atoms with Crippen LogP contribution in [0.4, 0.5) is 0 Å². The summed E-state index contributed by atoms with van der Waals surface area (Å²) in [6.45, 7) is 0.572. The summed E-state index contributed by atoms with van der Waals surface area (Å²) in [7, 11) is 0. The third-order valence-corrected chi connectivity index (χ3v) is 3.89. The van der Waals surface area contributed by atoms with Gasteiger partial charge in [0.1, 0.15) is 11.5 Å². The number of halogens is 1. The van der Waals surface area contributed by atoms with Crippen molar-refractivity contribution >= 4 is 17.5 Å². The molecule has 4 nitrogen and oxygen atoms in total. The average Bonchev–Trinajstić information content (AvgIpc) is 2.36. The Kier molecular flexibility index (Phi) is 4.53. The first-order valence-corrected chi connectivity index (χ1v) is 6.94. The molecule has 0 aliphatic heterocycles. The van der Waals surface area contributed by atoms with Crippen LogP contribution in [0.3, 0.4) is 0 Å². The van der Waals surface area contributed by atoms with Gasteiger partial charge in [0.25, 0.3) is 5.91 Å². The quantitative estimate of drug-likeness (QED) is 0.747. The summed E-state index contributed by atoms with van der Waals surface area (Å²) in [4.78, 5) is 11.9. The summed E-state index contributed by atoms with van der Waals surface area (Å²) >= 11 is 6.11. The lowest BCUT2D eigenvalue weighted by molar-refractivity contribution is 0.0941. The molecule has 2 unspecified atom stereocenters. The van der Waals surface area contributed by atoms with Crippen LogP contribution < -0.4 is 5.32 Å². The van der Waals surface area contributed by atoms with Crippen LogP contribution in [0, 0.1) is 5.92 Å². The molecule has 19 heavy (non-hydrogen) atoms. The number of hydrogen-bond donors (Lipinski definition) is 3. The molecule has 2 rings (SSSR count). The minimum absolute atomic E-state index is 0.0636. The van der Waals surface area contributed by atoms with Gasteiger partial charge in [-0.1, -0.05) is 6.42 Å². The largest absolute Gasteiger partial charge is 0.508 e. The highest BCUT2D eigenvalue weighted by Crippen LogP contribution is 2.27. The lowest BCUT2D eigenvalue weighted by Gasteiger charge is -2.25. The molecule has 1 aromatic rings. The van der Waals surface area contributed by atoms with Crippen molar-refractivity contribution < 1.29 is 15.0 Å². The van der Waals surface area contributed by atoms with Gasteiger partial charge in [0.05, 0.1) is 5.56 Å². The summed E-state index contributed by atoms with van der Waals surface area (Å²) in [6.07, 6.45) is 4.14. The first-order chi connectivity index (χ1) is 9.06. The van der Waals surface area contributed by atoms with Crippen molar-refractivity contribution in [1.82, 2.24) is 5.32 Å². The molecule has 0 bridgehead atoms. The molecular weight excluding hydrogens is 266 g/mol. The van der Waals surface area contributed by atoms with Gasteiger partial charge in [-0.05, 0) is 37.3 Å².